The Morgan fingerprint density at radius 1 is 1.27 bits per heavy atom. The fraction of sp³-hybridized carbons (Fsp3) is 0.579. The van der Waals surface area contributed by atoms with E-state index in [0.717, 1.165) is 12.1 Å². The molecule has 11 heteroatoms. The van der Waals surface area contributed by atoms with Crippen molar-refractivity contribution in [2.75, 3.05) is 6.54 Å². The van der Waals surface area contributed by atoms with Crippen LogP contribution in [0, 0.1) is 0 Å². The maximum absolute atomic E-state index is 12.9. The molecule has 8 nitrogen and oxygen atoms in total. The predicted octanol–water partition coefficient (Wildman–Crippen LogP) is 4.78. The molecule has 0 bridgehead atoms. The topological polar surface area (TPSA) is 105 Å². The molecule has 0 radical (unpaired) electrons. The van der Waals surface area contributed by atoms with Crippen LogP contribution in [0.25, 0.3) is 10.4 Å². The van der Waals surface area contributed by atoms with Crippen molar-refractivity contribution in [3.8, 4) is 5.75 Å². The highest BCUT2D eigenvalue weighted by Gasteiger charge is 2.42. The van der Waals surface area contributed by atoms with Gasteiger partial charge in [0.15, 0.2) is 5.78 Å². The van der Waals surface area contributed by atoms with Crippen molar-refractivity contribution in [1.82, 2.24) is 4.90 Å². The standard InChI is InChI=1S/C19H23F3N4O4/c1-18(2,3)30-17(28)26-13(11-24-25-23)7-8-15(26)16(27)10-12-5-4-6-14(9-12)29-19(20,21)22/h4-6,9,13,15H,7-8,10-11H2,1-3H3/t13-,15+/m1/s1. The lowest BCUT2D eigenvalue weighted by atomic mass is 10.0. The van der Waals surface area contributed by atoms with Crippen LogP contribution in [0.4, 0.5) is 18.0 Å². The van der Waals surface area contributed by atoms with Gasteiger partial charge in [0.1, 0.15) is 11.4 Å². The lowest BCUT2D eigenvalue weighted by Crippen LogP contribution is -2.48. The number of amides is 1. The number of alkyl halides is 3. The van der Waals surface area contributed by atoms with E-state index < -0.39 is 35.9 Å². The molecule has 1 amide bonds. The Morgan fingerprint density at radius 3 is 2.57 bits per heavy atom. The summed E-state index contributed by atoms with van der Waals surface area (Å²) >= 11 is 0. The maximum Gasteiger partial charge on any atom is 0.573 e. The normalized spacial score (nSPS) is 19.2. The van der Waals surface area contributed by atoms with Crippen molar-refractivity contribution in [1.29, 1.82) is 0 Å². The van der Waals surface area contributed by atoms with Gasteiger partial charge >= 0.3 is 12.5 Å². The second kappa shape index (κ2) is 9.25. The molecule has 2 atom stereocenters. The molecular formula is C19H23F3N4O4. The Kier molecular flexibility index (Phi) is 7.20. The third kappa shape index (κ3) is 6.84. The first-order chi connectivity index (χ1) is 13.9. The lowest BCUT2D eigenvalue weighted by molar-refractivity contribution is -0.274. The molecule has 30 heavy (non-hydrogen) atoms. The highest BCUT2D eigenvalue weighted by molar-refractivity contribution is 5.89. The van der Waals surface area contributed by atoms with Crippen LogP contribution in [0.15, 0.2) is 29.4 Å². The number of rotatable bonds is 6. The van der Waals surface area contributed by atoms with E-state index in [4.69, 9.17) is 10.3 Å². The summed E-state index contributed by atoms with van der Waals surface area (Å²) < 4.78 is 46.5. The Morgan fingerprint density at radius 2 is 1.97 bits per heavy atom. The van der Waals surface area contributed by atoms with Gasteiger partial charge < -0.3 is 9.47 Å². The Hall–Kier alpha value is -2.94. The zero-order chi connectivity index (χ0) is 22.5. The SMILES string of the molecule is CC(C)(C)OC(=O)N1[C@@H](CN=[N+]=[N-])CC[C@H]1C(=O)Cc1cccc(OC(F)(F)F)c1. The van der Waals surface area contributed by atoms with Crippen LogP contribution in [-0.4, -0.2) is 47.4 Å². The first-order valence-corrected chi connectivity index (χ1v) is 9.29. The number of ether oxygens (including phenoxy) is 2. The molecule has 164 valence electrons. The summed E-state index contributed by atoms with van der Waals surface area (Å²) in [6.45, 7) is 5.06. The molecule has 2 rings (SSSR count). The number of Topliss-reactive ketones (excluding diaryl/α,β-unsaturated/α-hetero) is 1. The Balaban J connectivity index is 2.18. The molecule has 1 fully saturated rings. The summed E-state index contributed by atoms with van der Waals surface area (Å²) in [5.74, 6) is -0.780. The summed E-state index contributed by atoms with van der Waals surface area (Å²) in [5.41, 5.74) is 8.11. The minimum absolute atomic E-state index is 0.00553. The van der Waals surface area contributed by atoms with E-state index in [0.29, 0.717) is 18.4 Å². The molecule has 0 aliphatic carbocycles. The number of hydrogen-bond acceptors (Lipinski definition) is 5. The molecular weight excluding hydrogens is 405 g/mol. The van der Waals surface area contributed by atoms with Gasteiger partial charge in [-0.1, -0.05) is 17.2 Å². The predicted molar refractivity (Wildman–Crippen MR) is 101 cm³/mol. The monoisotopic (exact) mass is 428 g/mol. The van der Waals surface area contributed by atoms with E-state index in [1.165, 1.54) is 17.0 Å². The Bertz CT molecular complexity index is 832. The van der Waals surface area contributed by atoms with Gasteiger partial charge in [-0.15, -0.1) is 13.2 Å². The van der Waals surface area contributed by atoms with Crippen molar-refractivity contribution in [3.05, 3.63) is 40.3 Å². The Labute approximate surface area is 171 Å². The minimum Gasteiger partial charge on any atom is -0.444 e. The number of ketones is 1. The van der Waals surface area contributed by atoms with Gasteiger partial charge in [-0.2, -0.15) is 0 Å². The number of azide groups is 1. The van der Waals surface area contributed by atoms with E-state index in [1.807, 2.05) is 0 Å². The zero-order valence-electron chi connectivity index (χ0n) is 16.8. The number of carbonyl (C=O) groups is 2. The highest BCUT2D eigenvalue weighted by Crippen LogP contribution is 2.29. The molecule has 1 heterocycles. The molecule has 0 aromatic heterocycles. The fourth-order valence-corrected chi connectivity index (χ4v) is 3.27. The van der Waals surface area contributed by atoms with Gasteiger partial charge in [-0.25, -0.2) is 4.79 Å². The summed E-state index contributed by atoms with van der Waals surface area (Å²) in [5, 5.41) is 3.50. The number of likely N-dealkylation sites (tertiary alicyclic amines) is 1. The van der Waals surface area contributed by atoms with E-state index in [2.05, 4.69) is 14.8 Å². The molecule has 0 N–H and O–H groups in total. The summed E-state index contributed by atoms with van der Waals surface area (Å²) in [4.78, 5) is 29.6. The third-order valence-electron chi connectivity index (χ3n) is 4.34. The second-order valence-electron chi connectivity index (χ2n) is 7.89. The molecule has 0 spiro atoms. The first kappa shape index (κ1) is 23.3. The van der Waals surface area contributed by atoms with Gasteiger partial charge in [0.25, 0.3) is 0 Å². The smallest absolute Gasteiger partial charge is 0.444 e. The zero-order valence-corrected chi connectivity index (χ0v) is 16.8. The van der Waals surface area contributed by atoms with Gasteiger partial charge in [0.2, 0.25) is 0 Å². The molecule has 1 aromatic carbocycles. The molecule has 0 unspecified atom stereocenters. The van der Waals surface area contributed by atoms with Gasteiger partial charge in [0.05, 0.1) is 6.04 Å². The number of benzene rings is 1. The summed E-state index contributed by atoms with van der Waals surface area (Å²) in [6, 6.07) is 3.81. The van der Waals surface area contributed by atoms with Crippen molar-refractivity contribution in [2.24, 2.45) is 5.11 Å². The van der Waals surface area contributed by atoms with Gasteiger partial charge in [-0.3, -0.25) is 9.69 Å². The average Bonchev–Trinajstić information content (AvgIpc) is 3.01. The number of nitrogens with zero attached hydrogens (tertiary/aromatic N) is 4. The lowest BCUT2D eigenvalue weighted by Gasteiger charge is -2.31. The van der Waals surface area contributed by atoms with Crippen molar-refractivity contribution >= 4 is 11.9 Å². The van der Waals surface area contributed by atoms with Crippen LogP contribution < -0.4 is 4.74 Å². The average molecular weight is 428 g/mol. The quantitative estimate of drug-likeness (QED) is 0.369. The fourth-order valence-electron chi connectivity index (χ4n) is 3.27. The van der Waals surface area contributed by atoms with Crippen LogP contribution in [0.3, 0.4) is 0 Å². The van der Waals surface area contributed by atoms with Gasteiger partial charge in [-0.05, 0) is 56.8 Å². The number of carbonyl (C=O) groups excluding carboxylic acids is 2. The third-order valence-corrected chi connectivity index (χ3v) is 4.34. The molecule has 1 aliphatic heterocycles. The minimum atomic E-state index is -4.84. The number of halogens is 3. The van der Waals surface area contributed by atoms with E-state index in [9.17, 15) is 22.8 Å². The molecule has 1 saturated heterocycles. The van der Waals surface area contributed by atoms with E-state index >= 15 is 0 Å². The van der Waals surface area contributed by atoms with Crippen molar-refractivity contribution in [2.45, 2.75) is 64.1 Å². The highest BCUT2D eigenvalue weighted by atomic mass is 19.4. The summed E-state index contributed by atoms with van der Waals surface area (Å²) in [7, 11) is 0. The van der Waals surface area contributed by atoms with Crippen molar-refractivity contribution < 1.29 is 32.2 Å². The van der Waals surface area contributed by atoms with Crippen LogP contribution >= 0.6 is 0 Å². The van der Waals surface area contributed by atoms with Gasteiger partial charge in [0, 0.05) is 23.9 Å². The molecule has 1 aromatic rings. The number of hydrogen-bond donors (Lipinski definition) is 0. The van der Waals surface area contributed by atoms with Crippen LogP contribution in [0.2, 0.25) is 0 Å². The van der Waals surface area contributed by atoms with Crippen LogP contribution in [0.5, 0.6) is 5.75 Å². The maximum atomic E-state index is 12.9. The molecule has 0 saturated carbocycles. The van der Waals surface area contributed by atoms with E-state index in [1.54, 1.807) is 20.8 Å². The second-order valence-corrected chi connectivity index (χ2v) is 7.89. The molecule has 1 aliphatic rings. The van der Waals surface area contributed by atoms with E-state index in [-0.39, 0.29) is 18.7 Å². The first-order valence-electron chi connectivity index (χ1n) is 9.29. The summed E-state index contributed by atoms with van der Waals surface area (Å²) in [6.07, 6.45) is -4.96. The largest absolute Gasteiger partial charge is 0.573 e. The van der Waals surface area contributed by atoms with Crippen molar-refractivity contribution in [3.63, 3.8) is 0 Å². The van der Waals surface area contributed by atoms with Crippen LogP contribution in [0.1, 0.15) is 39.2 Å². The van der Waals surface area contributed by atoms with Crippen LogP contribution in [-0.2, 0) is 16.0 Å².